The van der Waals surface area contributed by atoms with E-state index in [-0.39, 0.29) is 25.7 Å². The first-order valence-electron chi connectivity index (χ1n) is 31.0. The van der Waals surface area contributed by atoms with E-state index < -0.39 is 97.5 Å². The number of aliphatic hydroxyl groups is 1. The quantitative estimate of drug-likeness (QED) is 0.0222. The predicted octanol–water partition coefficient (Wildman–Crippen LogP) is 15.7. The zero-order valence-corrected chi connectivity index (χ0v) is 51.7. The lowest BCUT2D eigenvalue weighted by Crippen LogP contribution is -2.30. The summed E-state index contributed by atoms with van der Waals surface area (Å²) >= 11 is 0. The monoisotopic (exact) mass is 1160 g/mol. The van der Waals surface area contributed by atoms with Gasteiger partial charge in [-0.3, -0.25) is 37.3 Å². The molecule has 78 heavy (non-hydrogen) atoms. The van der Waals surface area contributed by atoms with Crippen LogP contribution in [0, 0.1) is 11.8 Å². The highest BCUT2D eigenvalue weighted by atomic mass is 31.2. The lowest BCUT2D eigenvalue weighted by molar-refractivity contribution is -0.161. The zero-order chi connectivity index (χ0) is 58.0. The van der Waals surface area contributed by atoms with Gasteiger partial charge in [-0.15, -0.1) is 0 Å². The van der Waals surface area contributed by atoms with Crippen LogP contribution in [0.1, 0.15) is 286 Å². The second kappa shape index (κ2) is 51.9. The molecule has 0 aromatic heterocycles. The van der Waals surface area contributed by atoms with Gasteiger partial charge in [-0.2, -0.15) is 0 Å². The molecule has 0 aliphatic heterocycles. The molecule has 0 saturated heterocycles. The fraction of sp³-hybridized carbons (Fsp3) is 0.932. The highest BCUT2D eigenvalue weighted by Gasteiger charge is 2.30. The molecule has 462 valence electrons. The van der Waals surface area contributed by atoms with Gasteiger partial charge in [0.25, 0.3) is 0 Å². The van der Waals surface area contributed by atoms with E-state index in [0.717, 1.165) is 115 Å². The molecule has 3 N–H and O–H groups in total. The molecule has 5 atom stereocenters. The molecule has 0 aromatic carbocycles. The van der Waals surface area contributed by atoms with Crippen molar-refractivity contribution in [1.82, 2.24) is 0 Å². The van der Waals surface area contributed by atoms with Crippen molar-refractivity contribution in [3.05, 3.63) is 0 Å². The molecule has 0 amide bonds. The van der Waals surface area contributed by atoms with Gasteiger partial charge in [0.05, 0.1) is 26.4 Å². The first-order valence-corrected chi connectivity index (χ1v) is 34.0. The first-order chi connectivity index (χ1) is 37.4. The average Bonchev–Trinajstić information content (AvgIpc) is 3.39. The number of hydrogen-bond acceptors (Lipinski definition) is 15. The molecule has 2 unspecified atom stereocenters. The highest BCUT2D eigenvalue weighted by molar-refractivity contribution is 7.47. The van der Waals surface area contributed by atoms with Crippen molar-refractivity contribution < 1.29 is 80.2 Å². The number of phosphoric ester groups is 2. The minimum atomic E-state index is -4.94. The highest BCUT2D eigenvalue weighted by Crippen LogP contribution is 2.45. The Kier molecular flexibility index (Phi) is 50.6. The van der Waals surface area contributed by atoms with E-state index in [1.165, 1.54) is 89.9 Å². The number of phosphoric acid groups is 2. The Morgan fingerprint density at radius 3 is 0.872 bits per heavy atom. The zero-order valence-electron chi connectivity index (χ0n) is 50.0. The van der Waals surface area contributed by atoms with Crippen LogP contribution < -0.4 is 0 Å². The summed E-state index contributed by atoms with van der Waals surface area (Å²) < 4.78 is 67.6. The molecule has 0 saturated carbocycles. The van der Waals surface area contributed by atoms with Gasteiger partial charge in [0.1, 0.15) is 19.3 Å². The summed E-state index contributed by atoms with van der Waals surface area (Å²) in [7, 11) is -9.87. The third-order valence-corrected chi connectivity index (χ3v) is 15.4. The SMILES string of the molecule is CCCCCCCCCCCC(=O)O[C@H](COC(=O)CCCCCCCCC)COP(=O)(O)OC[C@H](O)COP(=O)(O)OC[C@@H](COC(=O)CCCCCCCCCCC(C)C)OC(=O)CCCCCCCCCCC(C)C. The second-order valence-electron chi connectivity index (χ2n) is 22.3. The van der Waals surface area contributed by atoms with E-state index in [0.29, 0.717) is 25.7 Å². The normalized spacial score (nSPS) is 14.4. The summed E-state index contributed by atoms with van der Waals surface area (Å²) in [5.74, 6) is -0.704. The van der Waals surface area contributed by atoms with Gasteiger partial charge in [0, 0.05) is 25.7 Å². The van der Waals surface area contributed by atoms with Crippen LogP contribution in [0.2, 0.25) is 0 Å². The maximum Gasteiger partial charge on any atom is 0.472 e. The van der Waals surface area contributed by atoms with Gasteiger partial charge in [0.15, 0.2) is 12.2 Å². The number of ether oxygens (including phenoxy) is 4. The molecule has 0 fully saturated rings. The molecular weight excluding hydrogens is 1040 g/mol. The summed E-state index contributed by atoms with van der Waals surface area (Å²) in [4.78, 5) is 71.8. The lowest BCUT2D eigenvalue weighted by Gasteiger charge is -2.21. The fourth-order valence-corrected chi connectivity index (χ4v) is 10.2. The van der Waals surface area contributed by atoms with Crippen molar-refractivity contribution in [1.29, 1.82) is 0 Å². The van der Waals surface area contributed by atoms with E-state index in [4.69, 9.17) is 37.0 Å². The number of esters is 4. The summed E-state index contributed by atoms with van der Waals surface area (Å²) in [6, 6.07) is 0. The summed E-state index contributed by atoms with van der Waals surface area (Å²) in [6.07, 6.45) is 32.3. The molecule has 0 aliphatic rings. The Hall–Kier alpha value is -1.94. The molecule has 0 heterocycles. The van der Waals surface area contributed by atoms with Gasteiger partial charge in [-0.05, 0) is 37.5 Å². The summed E-state index contributed by atoms with van der Waals surface area (Å²) in [5.41, 5.74) is 0. The van der Waals surface area contributed by atoms with Gasteiger partial charge >= 0.3 is 39.5 Å². The molecule has 17 nitrogen and oxygen atoms in total. The van der Waals surface area contributed by atoms with Crippen molar-refractivity contribution in [2.24, 2.45) is 11.8 Å². The van der Waals surface area contributed by atoms with Gasteiger partial charge in [-0.1, -0.05) is 234 Å². The smallest absolute Gasteiger partial charge is 0.462 e. The molecule has 19 heteroatoms. The Balaban J connectivity index is 5.22. The molecule has 0 spiro atoms. The Morgan fingerprint density at radius 1 is 0.346 bits per heavy atom. The topological polar surface area (TPSA) is 237 Å². The van der Waals surface area contributed by atoms with E-state index >= 15 is 0 Å². The molecule has 0 aromatic rings. The predicted molar refractivity (Wildman–Crippen MR) is 308 cm³/mol. The van der Waals surface area contributed by atoms with Crippen molar-refractivity contribution >= 4 is 39.5 Å². The van der Waals surface area contributed by atoms with Crippen molar-refractivity contribution in [3.8, 4) is 0 Å². The second-order valence-corrected chi connectivity index (χ2v) is 25.2. The number of carbonyl (C=O) groups excluding carboxylic acids is 4. The Morgan fingerprint density at radius 2 is 0.590 bits per heavy atom. The van der Waals surface area contributed by atoms with Crippen LogP contribution in [0.3, 0.4) is 0 Å². The average molecular weight is 1160 g/mol. The molecular formula is C59H114O17P2. The van der Waals surface area contributed by atoms with Crippen LogP contribution >= 0.6 is 15.6 Å². The maximum atomic E-state index is 12.9. The van der Waals surface area contributed by atoms with E-state index in [1.807, 2.05) is 0 Å². The van der Waals surface area contributed by atoms with Crippen LogP contribution in [0.25, 0.3) is 0 Å². The van der Waals surface area contributed by atoms with Crippen LogP contribution in [0.5, 0.6) is 0 Å². The van der Waals surface area contributed by atoms with Crippen molar-refractivity contribution in [3.63, 3.8) is 0 Å². The largest absolute Gasteiger partial charge is 0.472 e. The first kappa shape index (κ1) is 76.1. The summed E-state index contributed by atoms with van der Waals surface area (Å²) in [6.45, 7) is 9.32. The van der Waals surface area contributed by atoms with Crippen LogP contribution in [0.4, 0.5) is 0 Å². The molecule has 0 radical (unpaired) electrons. The van der Waals surface area contributed by atoms with Crippen LogP contribution in [0.15, 0.2) is 0 Å². The van der Waals surface area contributed by atoms with Gasteiger partial charge in [-0.25, -0.2) is 9.13 Å². The molecule has 0 aliphatic carbocycles. The van der Waals surface area contributed by atoms with E-state index in [9.17, 15) is 43.2 Å². The number of aliphatic hydroxyl groups excluding tert-OH is 1. The summed E-state index contributed by atoms with van der Waals surface area (Å²) in [5, 5.41) is 10.5. The maximum absolute atomic E-state index is 12.9. The van der Waals surface area contributed by atoms with Crippen LogP contribution in [-0.2, 0) is 65.4 Å². The fourth-order valence-electron chi connectivity index (χ4n) is 8.65. The van der Waals surface area contributed by atoms with Gasteiger partial charge in [0.2, 0.25) is 0 Å². The number of unbranched alkanes of at least 4 members (excludes halogenated alkanes) is 28. The molecule has 0 rings (SSSR count). The number of carbonyl (C=O) groups is 4. The third kappa shape index (κ3) is 53.4. The van der Waals surface area contributed by atoms with E-state index in [2.05, 4.69) is 41.5 Å². The van der Waals surface area contributed by atoms with E-state index in [1.54, 1.807) is 0 Å². The Bertz CT molecular complexity index is 1550. The van der Waals surface area contributed by atoms with Crippen molar-refractivity contribution in [2.45, 2.75) is 304 Å². The van der Waals surface area contributed by atoms with Crippen LogP contribution in [-0.4, -0.2) is 96.7 Å². The number of hydrogen-bond donors (Lipinski definition) is 3. The minimum absolute atomic E-state index is 0.104. The lowest BCUT2D eigenvalue weighted by atomic mass is 10.0. The Labute approximate surface area is 473 Å². The van der Waals surface area contributed by atoms with Crippen molar-refractivity contribution in [2.75, 3.05) is 39.6 Å². The standard InChI is InChI=1S/C59H114O17P2/c1-7-9-11-13-15-16-25-31-37-43-58(63)75-54(47-69-56(61)41-35-29-21-14-12-10-8-2)49-73-77(65,66)71-45-53(60)46-72-78(67,68)74-50-55(76-59(64)44-38-32-26-20-18-23-28-34-40-52(5)6)48-70-57(62)42-36-30-24-19-17-22-27-33-39-51(3)4/h51-55,60H,7-50H2,1-6H3,(H,65,66)(H,67,68)/t53-,54+,55+/m0/s1. The van der Waals surface area contributed by atoms with Gasteiger partial charge < -0.3 is 33.8 Å². The number of rotatable bonds is 58. The molecule has 0 bridgehead atoms. The third-order valence-electron chi connectivity index (χ3n) is 13.5. The minimum Gasteiger partial charge on any atom is -0.462 e.